The third kappa shape index (κ3) is 4.43. The summed E-state index contributed by atoms with van der Waals surface area (Å²) in [7, 11) is 0. The zero-order valence-corrected chi connectivity index (χ0v) is 13.9. The number of piperidine rings is 1. The number of rotatable bonds is 5. The second kappa shape index (κ2) is 7.94. The minimum atomic E-state index is 0.540. The Morgan fingerprint density at radius 2 is 1.71 bits per heavy atom. The SMILES string of the molecule is C[C@@H]1CCCC[C@@H]1OCCN1CCC[C@@H](N2CCCC2)C1. The molecule has 3 nitrogen and oxygen atoms in total. The van der Waals surface area contributed by atoms with Gasteiger partial charge in [-0.3, -0.25) is 9.80 Å². The van der Waals surface area contributed by atoms with Crippen molar-refractivity contribution in [3.05, 3.63) is 0 Å². The molecule has 0 bridgehead atoms. The lowest BCUT2D eigenvalue weighted by Crippen LogP contribution is -2.47. The Labute approximate surface area is 131 Å². The highest BCUT2D eigenvalue weighted by Gasteiger charge is 2.27. The maximum atomic E-state index is 6.20. The lowest BCUT2D eigenvalue weighted by Gasteiger charge is -2.38. The van der Waals surface area contributed by atoms with Crippen LogP contribution in [0.5, 0.6) is 0 Å². The summed E-state index contributed by atoms with van der Waals surface area (Å²) in [5, 5.41) is 0. The Bertz CT molecular complexity index is 304. The molecule has 2 saturated heterocycles. The Morgan fingerprint density at radius 3 is 2.52 bits per heavy atom. The van der Waals surface area contributed by atoms with Crippen molar-refractivity contribution in [3.8, 4) is 0 Å². The largest absolute Gasteiger partial charge is 0.377 e. The minimum absolute atomic E-state index is 0.540. The van der Waals surface area contributed by atoms with E-state index in [2.05, 4.69) is 16.7 Å². The van der Waals surface area contributed by atoms with Gasteiger partial charge in [-0.15, -0.1) is 0 Å². The van der Waals surface area contributed by atoms with Gasteiger partial charge >= 0.3 is 0 Å². The molecule has 2 aliphatic heterocycles. The smallest absolute Gasteiger partial charge is 0.0601 e. The van der Waals surface area contributed by atoms with Gasteiger partial charge in [-0.25, -0.2) is 0 Å². The van der Waals surface area contributed by atoms with Gasteiger partial charge in [0.1, 0.15) is 0 Å². The van der Waals surface area contributed by atoms with Gasteiger partial charge in [0.25, 0.3) is 0 Å². The molecule has 0 aromatic rings. The van der Waals surface area contributed by atoms with Gasteiger partial charge in [0.05, 0.1) is 12.7 Å². The number of likely N-dealkylation sites (tertiary alicyclic amines) is 2. The van der Waals surface area contributed by atoms with Gasteiger partial charge in [-0.1, -0.05) is 19.8 Å². The predicted octanol–water partition coefficient (Wildman–Crippen LogP) is 3.14. The van der Waals surface area contributed by atoms with Crippen molar-refractivity contribution >= 4 is 0 Å². The van der Waals surface area contributed by atoms with Crippen LogP contribution < -0.4 is 0 Å². The molecule has 0 spiro atoms. The molecule has 0 aromatic carbocycles. The van der Waals surface area contributed by atoms with E-state index in [1.165, 1.54) is 77.5 Å². The van der Waals surface area contributed by atoms with Crippen molar-refractivity contribution in [3.63, 3.8) is 0 Å². The standard InChI is InChI=1S/C18H34N2O/c1-16-7-2-3-9-18(16)21-14-13-19-10-6-8-17(15-19)20-11-4-5-12-20/h16-18H,2-15H2,1H3/t16-,17-,18+/m1/s1. The Balaban J connectivity index is 1.36. The number of hydrogen-bond donors (Lipinski definition) is 0. The van der Waals surface area contributed by atoms with Crippen LogP contribution in [0.1, 0.15) is 58.3 Å². The fourth-order valence-electron chi connectivity index (χ4n) is 4.50. The van der Waals surface area contributed by atoms with E-state index in [1.54, 1.807) is 0 Å². The van der Waals surface area contributed by atoms with Crippen LogP contribution in [0.2, 0.25) is 0 Å². The van der Waals surface area contributed by atoms with Crippen molar-refractivity contribution in [2.24, 2.45) is 5.92 Å². The molecule has 122 valence electrons. The Morgan fingerprint density at radius 1 is 0.905 bits per heavy atom. The van der Waals surface area contributed by atoms with E-state index >= 15 is 0 Å². The highest BCUT2D eigenvalue weighted by molar-refractivity contribution is 4.83. The van der Waals surface area contributed by atoms with E-state index in [4.69, 9.17) is 4.74 Å². The molecular weight excluding hydrogens is 260 g/mol. The van der Waals surface area contributed by atoms with E-state index in [9.17, 15) is 0 Å². The van der Waals surface area contributed by atoms with Crippen LogP contribution in [-0.4, -0.2) is 61.3 Å². The number of nitrogens with zero attached hydrogens (tertiary/aromatic N) is 2. The van der Waals surface area contributed by atoms with Gasteiger partial charge in [0.2, 0.25) is 0 Å². The molecule has 2 heterocycles. The van der Waals surface area contributed by atoms with E-state index < -0.39 is 0 Å². The highest BCUT2D eigenvalue weighted by Crippen LogP contribution is 2.26. The highest BCUT2D eigenvalue weighted by atomic mass is 16.5. The molecule has 0 unspecified atom stereocenters. The van der Waals surface area contributed by atoms with Crippen molar-refractivity contribution in [1.29, 1.82) is 0 Å². The summed E-state index contributed by atoms with van der Waals surface area (Å²) in [4.78, 5) is 5.39. The van der Waals surface area contributed by atoms with Gasteiger partial charge in [0.15, 0.2) is 0 Å². The Hall–Kier alpha value is -0.120. The fraction of sp³-hybridized carbons (Fsp3) is 1.00. The molecule has 1 aliphatic carbocycles. The normalized spacial score (nSPS) is 36.1. The molecule has 21 heavy (non-hydrogen) atoms. The van der Waals surface area contributed by atoms with Gasteiger partial charge in [-0.05, 0) is 64.1 Å². The molecule has 0 aromatic heterocycles. The summed E-state index contributed by atoms with van der Waals surface area (Å²) in [6, 6.07) is 0.829. The quantitative estimate of drug-likeness (QED) is 0.775. The minimum Gasteiger partial charge on any atom is -0.377 e. The topological polar surface area (TPSA) is 15.7 Å². The van der Waals surface area contributed by atoms with Crippen LogP contribution in [0.4, 0.5) is 0 Å². The molecule has 0 N–H and O–H groups in total. The summed E-state index contributed by atoms with van der Waals surface area (Å²) in [5.74, 6) is 0.775. The first-order chi connectivity index (χ1) is 10.3. The lowest BCUT2D eigenvalue weighted by molar-refractivity contribution is -0.0188. The lowest BCUT2D eigenvalue weighted by atomic mass is 9.88. The number of hydrogen-bond acceptors (Lipinski definition) is 3. The average Bonchev–Trinajstić information content (AvgIpc) is 3.04. The van der Waals surface area contributed by atoms with E-state index in [-0.39, 0.29) is 0 Å². The van der Waals surface area contributed by atoms with Gasteiger partial charge < -0.3 is 4.74 Å². The zero-order valence-electron chi connectivity index (χ0n) is 13.9. The fourth-order valence-corrected chi connectivity index (χ4v) is 4.50. The average molecular weight is 294 g/mol. The van der Waals surface area contributed by atoms with Crippen molar-refractivity contribution < 1.29 is 4.74 Å². The molecule has 3 heteroatoms. The molecule has 0 radical (unpaired) electrons. The summed E-state index contributed by atoms with van der Waals surface area (Å²) in [6.45, 7) is 9.71. The first-order valence-corrected chi connectivity index (χ1v) is 9.41. The zero-order chi connectivity index (χ0) is 14.5. The second-order valence-corrected chi connectivity index (χ2v) is 7.51. The first-order valence-electron chi connectivity index (χ1n) is 9.41. The van der Waals surface area contributed by atoms with Gasteiger partial charge in [0, 0.05) is 19.1 Å². The Kier molecular flexibility index (Phi) is 5.96. The molecular formula is C18H34N2O. The maximum Gasteiger partial charge on any atom is 0.0601 e. The molecule has 3 fully saturated rings. The summed E-state index contributed by atoms with van der Waals surface area (Å²) < 4.78 is 6.20. The molecule has 3 aliphatic rings. The maximum absolute atomic E-state index is 6.20. The van der Waals surface area contributed by atoms with Gasteiger partial charge in [-0.2, -0.15) is 0 Å². The number of ether oxygens (including phenoxy) is 1. The summed E-state index contributed by atoms with van der Waals surface area (Å²) in [5.41, 5.74) is 0. The monoisotopic (exact) mass is 294 g/mol. The van der Waals surface area contributed by atoms with E-state index in [1.807, 2.05) is 0 Å². The van der Waals surface area contributed by atoms with Crippen LogP contribution in [0, 0.1) is 5.92 Å². The summed E-state index contributed by atoms with van der Waals surface area (Å²) in [6.07, 6.45) is 11.6. The van der Waals surface area contributed by atoms with E-state index in [0.717, 1.165) is 25.1 Å². The van der Waals surface area contributed by atoms with Crippen molar-refractivity contribution in [2.75, 3.05) is 39.3 Å². The molecule has 1 saturated carbocycles. The third-order valence-electron chi connectivity index (χ3n) is 5.91. The molecule has 0 amide bonds. The van der Waals surface area contributed by atoms with Crippen LogP contribution >= 0.6 is 0 Å². The van der Waals surface area contributed by atoms with Crippen LogP contribution in [0.3, 0.4) is 0 Å². The van der Waals surface area contributed by atoms with Crippen LogP contribution in [0.15, 0.2) is 0 Å². The second-order valence-electron chi connectivity index (χ2n) is 7.51. The van der Waals surface area contributed by atoms with Crippen LogP contribution in [-0.2, 0) is 4.74 Å². The third-order valence-corrected chi connectivity index (χ3v) is 5.91. The van der Waals surface area contributed by atoms with Crippen LogP contribution in [0.25, 0.3) is 0 Å². The van der Waals surface area contributed by atoms with E-state index in [0.29, 0.717) is 6.10 Å². The van der Waals surface area contributed by atoms with Crippen molar-refractivity contribution in [1.82, 2.24) is 9.80 Å². The summed E-state index contributed by atoms with van der Waals surface area (Å²) >= 11 is 0. The first kappa shape index (κ1) is 15.8. The molecule has 3 atom stereocenters. The predicted molar refractivity (Wildman–Crippen MR) is 87.6 cm³/mol. The van der Waals surface area contributed by atoms with Crippen molar-refractivity contribution in [2.45, 2.75) is 70.4 Å². The molecule has 3 rings (SSSR count).